The van der Waals surface area contributed by atoms with Crippen molar-refractivity contribution in [1.82, 2.24) is 5.32 Å². The standard InChI is InChI=1S/C23H28ClNO5/c24-19-13-16(11-12-18(19)15-7-3-1-4-8-15)20(26)23(29-21(27)22(28)30-23)14-25-17-9-5-2-6-10-17/h11-13,15,17,25H,1-10,14H2. The number of carbonyl (C=O) groups excluding carboxylic acids is 3. The van der Waals surface area contributed by atoms with Gasteiger partial charge in [0.15, 0.2) is 0 Å². The Morgan fingerprint density at radius 2 is 1.57 bits per heavy atom. The van der Waals surface area contributed by atoms with Crippen molar-refractivity contribution in [2.24, 2.45) is 0 Å². The Morgan fingerprint density at radius 3 is 2.17 bits per heavy atom. The number of halogens is 1. The number of ether oxygens (including phenoxy) is 2. The molecule has 1 aromatic carbocycles. The predicted octanol–water partition coefficient (Wildman–Crippen LogP) is 4.29. The molecule has 1 saturated heterocycles. The van der Waals surface area contributed by atoms with Gasteiger partial charge in [-0.15, -0.1) is 0 Å². The highest BCUT2D eigenvalue weighted by molar-refractivity contribution is 6.33. The van der Waals surface area contributed by atoms with Crippen LogP contribution in [0, 0.1) is 0 Å². The summed E-state index contributed by atoms with van der Waals surface area (Å²) in [6, 6.07) is 5.39. The van der Waals surface area contributed by atoms with E-state index in [1.165, 1.54) is 25.7 Å². The molecule has 0 spiro atoms. The molecule has 30 heavy (non-hydrogen) atoms. The molecule has 1 heterocycles. The van der Waals surface area contributed by atoms with Gasteiger partial charge in [0.25, 0.3) is 0 Å². The maximum Gasteiger partial charge on any atom is 0.421 e. The van der Waals surface area contributed by atoms with Gasteiger partial charge in [-0.3, -0.25) is 4.79 Å². The van der Waals surface area contributed by atoms with Crippen LogP contribution in [0.4, 0.5) is 0 Å². The smallest absolute Gasteiger partial charge is 0.405 e. The van der Waals surface area contributed by atoms with Crippen LogP contribution in [0.2, 0.25) is 5.02 Å². The molecule has 2 saturated carbocycles. The molecular weight excluding hydrogens is 406 g/mol. The topological polar surface area (TPSA) is 81.7 Å². The first kappa shape index (κ1) is 21.3. The third kappa shape index (κ3) is 4.40. The molecule has 0 amide bonds. The van der Waals surface area contributed by atoms with Gasteiger partial charge in [-0.25, -0.2) is 9.59 Å². The van der Waals surface area contributed by atoms with Crippen LogP contribution in [-0.4, -0.2) is 36.1 Å². The summed E-state index contributed by atoms with van der Waals surface area (Å²) < 4.78 is 10.4. The molecular formula is C23H28ClNO5. The molecule has 1 N–H and O–H groups in total. The second-order valence-corrected chi connectivity index (χ2v) is 9.06. The van der Waals surface area contributed by atoms with Gasteiger partial charge in [-0.2, -0.15) is 0 Å². The van der Waals surface area contributed by atoms with Crippen molar-refractivity contribution < 1.29 is 23.9 Å². The Morgan fingerprint density at radius 1 is 0.967 bits per heavy atom. The molecule has 4 rings (SSSR count). The Bertz CT molecular complexity index is 811. The zero-order valence-corrected chi connectivity index (χ0v) is 17.8. The van der Waals surface area contributed by atoms with E-state index < -0.39 is 23.5 Å². The second kappa shape index (κ2) is 9.06. The molecule has 2 aliphatic carbocycles. The number of hydrogen-bond donors (Lipinski definition) is 1. The molecule has 3 aliphatic rings. The second-order valence-electron chi connectivity index (χ2n) is 8.65. The fraction of sp³-hybridized carbons (Fsp3) is 0.609. The summed E-state index contributed by atoms with van der Waals surface area (Å²) in [5.41, 5.74) is 1.32. The van der Waals surface area contributed by atoms with Crippen LogP contribution in [0.25, 0.3) is 0 Å². The first-order valence-electron chi connectivity index (χ1n) is 11.0. The van der Waals surface area contributed by atoms with Crippen molar-refractivity contribution in [3.8, 4) is 0 Å². The van der Waals surface area contributed by atoms with Crippen LogP contribution < -0.4 is 5.32 Å². The average molecular weight is 434 g/mol. The van der Waals surface area contributed by atoms with E-state index in [1.54, 1.807) is 12.1 Å². The van der Waals surface area contributed by atoms with E-state index in [2.05, 4.69) is 5.32 Å². The maximum absolute atomic E-state index is 13.3. The minimum absolute atomic E-state index is 0.0595. The van der Waals surface area contributed by atoms with E-state index in [0.717, 1.165) is 44.1 Å². The fourth-order valence-corrected chi connectivity index (χ4v) is 5.20. The maximum atomic E-state index is 13.3. The Kier molecular flexibility index (Phi) is 6.44. The van der Waals surface area contributed by atoms with Crippen molar-refractivity contribution in [2.75, 3.05) is 6.54 Å². The summed E-state index contributed by atoms with van der Waals surface area (Å²) >= 11 is 6.53. The SMILES string of the molecule is O=C1OC(CNC2CCCCC2)(C(=O)c2ccc(C3CCCCC3)c(Cl)c2)OC1=O. The van der Waals surface area contributed by atoms with Crippen LogP contribution in [0.3, 0.4) is 0 Å². The molecule has 1 aliphatic heterocycles. The van der Waals surface area contributed by atoms with Crippen LogP contribution >= 0.6 is 11.6 Å². The van der Waals surface area contributed by atoms with E-state index in [1.807, 2.05) is 6.07 Å². The Labute approximate surface area is 181 Å². The zero-order valence-electron chi connectivity index (χ0n) is 17.1. The molecule has 162 valence electrons. The van der Waals surface area contributed by atoms with Crippen LogP contribution in [0.15, 0.2) is 18.2 Å². The summed E-state index contributed by atoms with van der Waals surface area (Å²) in [5, 5.41) is 3.79. The minimum Gasteiger partial charge on any atom is -0.405 e. The minimum atomic E-state index is -1.97. The quantitative estimate of drug-likeness (QED) is 0.409. The van der Waals surface area contributed by atoms with Gasteiger partial charge in [0.05, 0.1) is 6.54 Å². The number of carbonyl (C=O) groups is 3. The predicted molar refractivity (Wildman–Crippen MR) is 111 cm³/mol. The lowest BCUT2D eigenvalue weighted by Gasteiger charge is -2.29. The normalized spacial score (nSPS) is 22.6. The fourth-order valence-electron chi connectivity index (χ4n) is 4.87. The monoisotopic (exact) mass is 433 g/mol. The van der Waals surface area contributed by atoms with Crippen molar-refractivity contribution in [1.29, 1.82) is 0 Å². The van der Waals surface area contributed by atoms with Gasteiger partial charge in [0.2, 0.25) is 5.78 Å². The largest absolute Gasteiger partial charge is 0.421 e. The summed E-state index contributed by atoms with van der Waals surface area (Å²) in [5.74, 6) is -4.42. The highest BCUT2D eigenvalue weighted by Crippen LogP contribution is 2.37. The lowest BCUT2D eigenvalue weighted by molar-refractivity contribution is -0.158. The molecule has 0 unspecified atom stereocenters. The van der Waals surface area contributed by atoms with E-state index in [4.69, 9.17) is 21.1 Å². The Balaban J connectivity index is 1.54. The summed E-state index contributed by atoms with van der Waals surface area (Å²) in [6.45, 7) is -0.0595. The lowest BCUT2D eigenvalue weighted by Crippen LogP contribution is -2.51. The molecule has 0 bridgehead atoms. The number of ketones is 1. The summed E-state index contributed by atoms with van der Waals surface area (Å²) in [6.07, 6.45) is 11.2. The molecule has 0 atom stereocenters. The van der Waals surface area contributed by atoms with E-state index in [0.29, 0.717) is 10.9 Å². The van der Waals surface area contributed by atoms with E-state index in [9.17, 15) is 14.4 Å². The number of hydrogen-bond acceptors (Lipinski definition) is 6. The van der Waals surface area contributed by atoms with Crippen LogP contribution in [0.5, 0.6) is 0 Å². The number of rotatable bonds is 6. The zero-order chi connectivity index (χ0) is 21.1. The van der Waals surface area contributed by atoms with Gasteiger partial charge in [0, 0.05) is 16.6 Å². The van der Waals surface area contributed by atoms with Crippen molar-refractivity contribution in [2.45, 2.75) is 82.0 Å². The van der Waals surface area contributed by atoms with Gasteiger partial charge >= 0.3 is 17.7 Å². The van der Waals surface area contributed by atoms with Gasteiger partial charge in [-0.1, -0.05) is 62.3 Å². The number of nitrogens with one attached hydrogen (secondary N) is 1. The molecule has 6 nitrogen and oxygen atoms in total. The third-order valence-electron chi connectivity index (χ3n) is 6.56. The van der Waals surface area contributed by atoms with Crippen molar-refractivity contribution in [3.63, 3.8) is 0 Å². The van der Waals surface area contributed by atoms with Crippen molar-refractivity contribution >= 4 is 29.3 Å². The molecule has 1 aromatic rings. The molecule has 0 radical (unpaired) electrons. The number of benzene rings is 1. The lowest BCUT2D eigenvalue weighted by atomic mass is 9.83. The number of Topliss-reactive ketones (excluding diaryl/α,β-unsaturated/α-hetero) is 1. The number of esters is 2. The van der Waals surface area contributed by atoms with Gasteiger partial charge in [0.1, 0.15) is 0 Å². The highest BCUT2D eigenvalue weighted by atomic mass is 35.5. The average Bonchev–Trinajstić information content (AvgIpc) is 3.07. The molecule has 7 heteroatoms. The van der Waals surface area contributed by atoms with Gasteiger partial charge < -0.3 is 14.8 Å². The van der Waals surface area contributed by atoms with Crippen LogP contribution in [0.1, 0.15) is 86.0 Å². The van der Waals surface area contributed by atoms with Crippen molar-refractivity contribution in [3.05, 3.63) is 34.3 Å². The molecule has 3 fully saturated rings. The first-order chi connectivity index (χ1) is 14.5. The van der Waals surface area contributed by atoms with Crippen LogP contribution in [-0.2, 0) is 19.1 Å². The third-order valence-corrected chi connectivity index (χ3v) is 6.89. The summed E-state index contributed by atoms with van der Waals surface area (Å²) in [7, 11) is 0. The van der Waals surface area contributed by atoms with E-state index in [-0.39, 0.29) is 18.2 Å². The van der Waals surface area contributed by atoms with E-state index >= 15 is 0 Å². The Hall–Kier alpha value is -1.92. The summed E-state index contributed by atoms with van der Waals surface area (Å²) in [4.78, 5) is 36.9. The highest BCUT2D eigenvalue weighted by Gasteiger charge is 2.55. The number of cyclic esters (lactones) is 2. The molecule has 0 aromatic heterocycles. The van der Waals surface area contributed by atoms with Gasteiger partial charge in [-0.05, 0) is 43.2 Å². The first-order valence-corrected chi connectivity index (χ1v) is 11.4.